The summed E-state index contributed by atoms with van der Waals surface area (Å²) in [5.74, 6) is -1.85. The molecule has 39 nitrogen and oxygen atoms in total. The molecule has 0 saturated carbocycles. The van der Waals surface area contributed by atoms with Crippen LogP contribution in [-0.2, 0) is 65.0 Å². The van der Waals surface area contributed by atoms with Crippen LogP contribution in [0, 0.1) is 13.8 Å². The van der Waals surface area contributed by atoms with Gasteiger partial charge in [-0.1, -0.05) is 15.1 Å². The lowest BCUT2D eigenvalue weighted by Crippen LogP contribution is -2.48. The van der Waals surface area contributed by atoms with E-state index in [1.807, 2.05) is 4.90 Å². The first-order valence-corrected chi connectivity index (χ1v) is 33.9. The Morgan fingerprint density at radius 1 is 0.583 bits per heavy atom. The second-order valence-electron chi connectivity index (χ2n) is 19.2. The number of hydrogen-bond acceptors (Lipinski definition) is 38. The van der Waals surface area contributed by atoms with E-state index in [4.69, 9.17) is 39.0 Å². The minimum absolute atomic E-state index is 0.0254. The van der Waals surface area contributed by atoms with Crippen LogP contribution in [0.1, 0.15) is 18.1 Å². The zero-order valence-electron chi connectivity index (χ0n) is 48.7. The van der Waals surface area contributed by atoms with Crippen molar-refractivity contribution in [3.05, 3.63) is 105 Å². The van der Waals surface area contributed by atoms with E-state index >= 15 is 0 Å². The zero-order valence-corrected chi connectivity index (χ0v) is 55.1. The number of anilines is 6. The van der Waals surface area contributed by atoms with Gasteiger partial charge >= 0.3 is 0 Å². The van der Waals surface area contributed by atoms with E-state index in [1.54, 1.807) is 24.0 Å². The maximum atomic E-state index is 13.3. The number of aromatic nitrogens is 7. The number of rotatable bonds is 28. The van der Waals surface area contributed by atoms with Gasteiger partial charge in [-0.05, 0) is 122 Å². The van der Waals surface area contributed by atoms with Crippen molar-refractivity contribution in [1.82, 2.24) is 39.4 Å². The van der Waals surface area contributed by atoms with E-state index in [1.165, 1.54) is 38.1 Å². The summed E-state index contributed by atoms with van der Waals surface area (Å²) >= 11 is 13.8. The lowest BCUT2D eigenvalue weighted by molar-refractivity contribution is -0.432. The molecule has 0 radical (unpaired) electrons. The Morgan fingerprint density at radius 3 is 1.82 bits per heavy atom. The van der Waals surface area contributed by atoms with Crippen molar-refractivity contribution in [2.45, 2.75) is 56.7 Å². The fraction of sp³-hybridized carbons (Fsp3) is 0.204. The first kappa shape index (κ1) is 72.2. The number of nitrogens with zero attached hydrogens (tertiary/aromatic N) is 15. The third-order valence-corrected chi connectivity index (χ3v) is 18.4. The molecule has 9 rings (SSSR count). The fourth-order valence-electron chi connectivity index (χ4n) is 8.94. The van der Waals surface area contributed by atoms with Crippen molar-refractivity contribution in [1.29, 1.82) is 0 Å². The number of pyridine rings is 1. The maximum Gasteiger partial charge on any atom is 0.297 e. The molecule has 96 heavy (non-hydrogen) atoms. The van der Waals surface area contributed by atoms with Crippen molar-refractivity contribution < 1.29 is 93.0 Å². The third-order valence-electron chi connectivity index (χ3n) is 13.4. The summed E-state index contributed by atoms with van der Waals surface area (Å²) in [6.45, 7) is 6.79. The Morgan fingerprint density at radius 2 is 1.17 bits per heavy atom. The van der Waals surface area contributed by atoms with Crippen molar-refractivity contribution >= 4 is 170 Å². The molecule has 0 unspecified atom stereocenters. The van der Waals surface area contributed by atoms with Crippen LogP contribution in [0.2, 0.25) is 10.6 Å². The standard InChI is InChI=1S/C49H46Cl2N18O21S6/c1-4-69-42(71)24(3)23(2)38(43(69)72)65-64-33-21-32(34(92-89-86-74)22-37(33)95(79,80)81)54-47-56-44(50)55-46(59-47)52-13-14-67-15-17-68(18-16-67)49-58-45(51)57-48(60-49)53-31-12-10-28-29(41(31)96(82,83)84)20-35(93-90-87-75)39(40(28)70)66-63-30-11-7-26(19-36(30)94(76,77)78)62-61-25-5-8-27(9-6-25)91-88-85-73/h5-12,19-22,70,72-75H,4,13-18H2,1-3H3,(H,76,77,78)(H,79,80,81)(H,82,83,84)(H,53,57,58,60)(H2,52,54,55,56,59). The maximum absolute atomic E-state index is 13.3. The molecular weight excluding hydrogens is 1440 g/mol. The fourth-order valence-corrected chi connectivity index (χ4v) is 12.8. The van der Waals surface area contributed by atoms with Crippen molar-refractivity contribution in [2.75, 3.05) is 60.1 Å². The van der Waals surface area contributed by atoms with Gasteiger partial charge < -0.3 is 31.1 Å². The monoisotopic (exact) mass is 1480 g/mol. The van der Waals surface area contributed by atoms with Crippen LogP contribution in [0.25, 0.3) is 10.8 Å². The van der Waals surface area contributed by atoms with Crippen molar-refractivity contribution in [2.24, 2.45) is 30.7 Å². The van der Waals surface area contributed by atoms with E-state index in [0.717, 1.165) is 41.0 Å². The molecule has 0 spiro atoms. The smallest absolute Gasteiger partial charge is 0.297 e. The Bertz CT molecular complexity index is 4780. The molecule has 1 aliphatic heterocycles. The average molecular weight is 1490 g/mol. The predicted molar refractivity (Wildman–Crippen MR) is 340 cm³/mol. The molecule has 47 heteroatoms. The summed E-state index contributed by atoms with van der Waals surface area (Å²) < 4.78 is 123. The first-order chi connectivity index (χ1) is 45.7. The summed E-state index contributed by atoms with van der Waals surface area (Å²) in [7, 11) is -15.4. The number of aromatic hydroxyl groups is 2. The van der Waals surface area contributed by atoms with Crippen molar-refractivity contribution in [3.63, 3.8) is 0 Å². The van der Waals surface area contributed by atoms with Gasteiger partial charge in [0.05, 0.1) is 68.7 Å². The molecule has 0 bridgehead atoms. The second-order valence-corrected chi connectivity index (χ2v) is 26.3. The summed E-state index contributed by atoms with van der Waals surface area (Å²) in [5, 5.41) is 91.1. The summed E-state index contributed by atoms with van der Waals surface area (Å²) in [4.78, 5) is 39.5. The van der Waals surface area contributed by atoms with E-state index in [9.17, 15) is 53.9 Å². The van der Waals surface area contributed by atoms with Crippen LogP contribution in [0.4, 0.5) is 69.3 Å². The Kier molecular flexibility index (Phi) is 23.6. The van der Waals surface area contributed by atoms with Crippen LogP contribution in [0.3, 0.4) is 0 Å². The first-order valence-electron chi connectivity index (χ1n) is 26.6. The molecule has 11 N–H and O–H groups in total. The molecule has 508 valence electrons. The van der Waals surface area contributed by atoms with Gasteiger partial charge in [-0.3, -0.25) is 27.9 Å². The number of benzene rings is 5. The molecule has 0 atom stereocenters. The summed E-state index contributed by atoms with van der Waals surface area (Å²) in [6.07, 6.45) is 0. The van der Waals surface area contributed by atoms with Crippen LogP contribution in [0.5, 0.6) is 11.6 Å². The highest BCUT2D eigenvalue weighted by Crippen LogP contribution is 2.48. The Balaban J connectivity index is 0.886. The molecule has 1 saturated heterocycles. The van der Waals surface area contributed by atoms with Crippen molar-refractivity contribution in [3.8, 4) is 11.6 Å². The Labute approximate surface area is 562 Å². The van der Waals surface area contributed by atoms with Crippen LogP contribution in [0.15, 0.2) is 138 Å². The number of halogens is 2. The highest BCUT2D eigenvalue weighted by Gasteiger charge is 2.29. The predicted octanol–water partition coefficient (Wildman–Crippen LogP) is 10.7. The van der Waals surface area contributed by atoms with E-state index in [-0.39, 0.29) is 114 Å². The molecule has 5 aromatic carbocycles. The van der Waals surface area contributed by atoms with Crippen LogP contribution >= 0.6 is 59.3 Å². The number of phenols is 1. The van der Waals surface area contributed by atoms with Crippen LogP contribution in [-0.4, -0.2) is 144 Å². The minimum atomic E-state index is -5.27. The number of piperazine rings is 1. The van der Waals surface area contributed by atoms with Gasteiger partial charge in [0, 0.05) is 67.0 Å². The van der Waals surface area contributed by atoms with Gasteiger partial charge in [0.15, 0.2) is 5.75 Å². The van der Waals surface area contributed by atoms with E-state index in [0.29, 0.717) is 67.4 Å². The highest BCUT2D eigenvalue weighted by atomic mass is 35.5. The van der Waals surface area contributed by atoms with Gasteiger partial charge in [0.25, 0.3) is 35.9 Å². The van der Waals surface area contributed by atoms with E-state index < -0.39 is 79.3 Å². The molecule has 4 heterocycles. The normalized spacial score (nSPS) is 13.5. The highest BCUT2D eigenvalue weighted by molar-refractivity contribution is 7.95. The third kappa shape index (κ3) is 17.7. The van der Waals surface area contributed by atoms with E-state index in [2.05, 4.69) is 105 Å². The van der Waals surface area contributed by atoms with Gasteiger partial charge in [-0.25, -0.2) is 15.8 Å². The molecule has 3 aromatic heterocycles. The largest absolute Gasteiger partial charge is 0.505 e. The summed E-state index contributed by atoms with van der Waals surface area (Å²) in [5.41, 5.74) is -1.87. The SMILES string of the molecule is CCn1c(O)c(N=Nc2cc(Nc3nc(Cl)nc(NCCN4CCN(c5nc(Cl)nc(Nc6ccc7c(O)c(N=Nc8ccc(N=Nc9ccc(SOOO)cc9)cc8S(=O)(=O)O)c(SOOO)cc7c6S(=O)(=O)O)n5)CC4)n3)c(SOOO)cc2S(=O)(=O)O)c(C)c(C)c1=O. The Hall–Kier alpha value is -8.11. The molecule has 1 fully saturated rings. The summed E-state index contributed by atoms with van der Waals surface area (Å²) in [6, 6.07) is 14.7. The number of azo groups is 3. The van der Waals surface area contributed by atoms with Crippen LogP contribution < -0.4 is 26.4 Å². The number of phenolic OH excluding ortho intramolecular Hbond substituents is 1. The van der Waals surface area contributed by atoms with Gasteiger partial charge in [0.2, 0.25) is 40.2 Å². The van der Waals surface area contributed by atoms with Gasteiger partial charge in [-0.15, -0.1) is 33.5 Å². The molecular formula is C49H46Cl2N18O21S6. The number of fused-ring (bicyclic) bond motifs is 1. The molecule has 0 amide bonds. The zero-order chi connectivity index (χ0) is 69.2. The average Bonchev–Trinajstić information content (AvgIpc) is 0.759. The second kappa shape index (κ2) is 31.4. The quantitative estimate of drug-likeness (QED) is 0.00713. The molecule has 8 aromatic rings. The minimum Gasteiger partial charge on any atom is -0.505 e. The topological polar surface area (TPSA) is 536 Å². The lowest BCUT2D eigenvalue weighted by Gasteiger charge is -2.34. The van der Waals surface area contributed by atoms with Gasteiger partial charge in [-0.2, -0.15) is 65.4 Å². The lowest BCUT2D eigenvalue weighted by atomic mass is 10.1. The number of nitrogens with one attached hydrogen (secondary N) is 3. The molecule has 0 aliphatic carbocycles. The molecule has 1 aliphatic rings. The number of hydrogen-bond donors (Lipinski definition) is 11. The van der Waals surface area contributed by atoms with Gasteiger partial charge in [0.1, 0.15) is 37.4 Å².